The van der Waals surface area contributed by atoms with E-state index in [0.29, 0.717) is 11.3 Å². The lowest BCUT2D eigenvalue weighted by Gasteiger charge is -2.15. The number of amides is 1. The Morgan fingerprint density at radius 3 is 2.79 bits per heavy atom. The molecular formula is C13H13NO4S. The first kappa shape index (κ1) is 13.4. The number of rotatable bonds is 5. The highest BCUT2D eigenvalue weighted by Gasteiger charge is 2.21. The van der Waals surface area contributed by atoms with Crippen molar-refractivity contribution in [2.75, 3.05) is 0 Å². The highest BCUT2D eigenvalue weighted by atomic mass is 32.1. The predicted molar refractivity (Wildman–Crippen MR) is 70.2 cm³/mol. The van der Waals surface area contributed by atoms with Gasteiger partial charge in [0.15, 0.2) is 0 Å². The van der Waals surface area contributed by atoms with Crippen LogP contribution < -0.4 is 5.32 Å². The summed E-state index contributed by atoms with van der Waals surface area (Å²) >= 11 is 1.41. The maximum atomic E-state index is 12.1. The number of nitrogens with one attached hydrogen (secondary N) is 1. The van der Waals surface area contributed by atoms with Crippen molar-refractivity contribution in [3.63, 3.8) is 0 Å². The molecule has 0 spiro atoms. The fourth-order valence-corrected chi connectivity index (χ4v) is 2.52. The van der Waals surface area contributed by atoms with Gasteiger partial charge in [0.05, 0.1) is 24.3 Å². The fourth-order valence-electron chi connectivity index (χ4n) is 1.74. The maximum Gasteiger partial charge on any atom is 0.305 e. The van der Waals surface area contributed by atoms with Crippen LogP contribution in [0.2, 0.25) is 0 Å². The molecule has 0 aliphatic carbocycles. The monoisotopic (exact) mass is 279 g/mol. The lowest BCUT2D eigenvalue weighted by atomic mass is 10.1. The summed E-state index contributed by atoms with van der Waals surface area (Å²) in [6.45, 7) is 1.69. The number of furan rings is 1. The quantitative estimate of drug-likeness (QED) is 0.881. The lowest BCUT2D eigenvalue weighted by Crippen LogP contribution is -2.29. The minimum absolute atomic E-state index is 0.150. The lowest BCUT2D eigenvalue weighted by molar-refractivity contribution is -0.137. The van der Waals surface area contributed by atoms with E-state index in [1.807, 2.05) is 11.4 Å². The molecule has 5 nitrogen and oxygen atoms in total. The van der Waals surface area contributed by atoms with Gasteiger partial charge < -0.3 is 14.8 Å². The van der Waals surface area contributed by atoms with Gasteiger partial charge in [-0.3, -0.25) is 9.59 Å². The number of hydrogen-bond donors (Lipinski definition) is 2. The van der Waals surface area contributed by atoms with E-state index in [1.165, 1.54) is 17.6 Å². The van der Waals surface area contributed by atoms with Crippen LogP contribution in [-0.2, 0) is 4.79 Å². The molecular weight excluding hydrogens is 266 g/mol. The van der Waals surface area contributed by atoms with Crippen molar-refractivity contribution in [3.05, 3.63) is 46.0 Å². The molecule has 0 fully saturated rings. The smallest absolute Gasteiger partial charge is 0.305 e. The number of hydrogen-bond acceptors (Lipinski definition) is 4. The van der Waals surface area contributed by atoms with Crippen molar-refractivity contribution in [2.24, 2.45) is 0 Å². The van der Waals surface area contributed by atoms with Gasteiger partial charge in [0, 0.05) is 4.88 Å². The Hall–Kier alpha value is -2.08. The van der Waals surface area contributed by atoms with Crippen molar-refractivity contribution < 1.29 is 19.1 Å². The minimum Gasteiger partial charge on any atom is -0.481 e. The molecule has 1 unspecified atom stereocenters. The molecule has 2 aromatic rings. The van der Waals surface area contributed by atoms with Crippen molar-refractivity contribution in [3.8, 4) is 0 Å². The van der Waals surface area contributed by atoms with Crippen molar-refractivity contribution in [1.29, 1.82) is 0 Å². The predicted octanol–water partition coefficient (Wildman–Crippen LogP) is 2.60. The van der Waals surface area contributed by atoms with Gasteiger partial charge in [-0.1, -0.05) is 6.07 Å². The zero-order valence-electron chi connectivity index (χ0n) is 10.3. The Bertz CT molecular complexity index is 573. The molecule has 0 saturated carbocycles. The Labute approximate surface area is 113 Å². The molecule has 0 saturated heterocycles. The van der Waals surface area contributed by atoms with Crippen LogP contribution >= 0.6 is 11.3 Å². The summed E-state index contributed by atoms with van der Waals surface area (Å²) in [6.07, 6.45) is 1.28. The zero-order valence-corrected chi connectivity index (χ0v) is 11.1. The molecule has 0 aliphatic rings. The first-order valence-electron chi connectivity index (χ1n) is 5.68. The Balaban J connectivity index is 2.15. The molecule has 2 rings (SSSR count). The molecule has 0 radical (unpaired) electrons. The van der Waals surface area contributed by atoms with E-state index in [2.05, 4.69) is 5.32 Å². The summed E-state index contributed by atoms with van der Waals surface area (Å²) in [5.41, 5.74) is 0.423. The Kier molecular flexibility index (Phi) is 4.01. The second-order valence-electron chi connectivity index (χ2n) is 4.03. The average Bonchev–Trinajstić information content (AvgIpc) is 2.97. The van der Waals surface area contributed by atoms with Crippen molar-refractivity contribution in [1.82, 2.24) is 5.32 Å². The van der Waals surface area contributed by atoms with Crippen molar-refractivity contribution >= 4 is 23.2 Å². The summed E-state index contributed by atoms with van der Waals surface area (Å²) < 4.78 is 5.06. The molecule has 2 heterocycles. The van der Waals surface area contributed by atoms with Gasteiger partial charge in [-0.05, 0) is 24.4 Å². The molecule has 0 aromatic carbocycles. The number of carboxylic acid groups (broad SMARTS) is 1. The highest BCUT2D eigenvalue weighted by molar-refractivity contribution is 7.10. The normalized spacial score (nSPS) is 12.1. The number of aryl methyl sites for hydroxylation is 1. The summed E-state index contributed by atoms with van der Waals surface area (Å²) in [5.74, 6) is -0.772. The van der Waals surface area contributed by atoms with Crippen LogP contribution in [0.1, 0.15) is 33.5 Å². The van der Waals surface area contributed by atoms with Gasteiger partial charge in [-0.15, -0.1) is 11.3 Å². The van der Waals surface area contributed by atoms with E-state index < -0.39 is 12.0 Å². The maximum absolute atomic E-state index is 12.1. The van der Waals surface area contributed by atoms with E-state index in [4.69, 9.17) is 9.52 Å². The molecule has 1 amide bonds. The third kappa shape index (κ3) is 3.23. The van der Waals surface area contributed by atoms with Crippen LogP contribution in [-0.4, -0.2) is 17.0 Å². The summed E-state index contributed by atoms with van der Waals surface area (Å²) in [7, 11) is 0. The van der Waals surface area contributed by atoms with Gasteiger partial charge in [-0.2, -0.15) is 0 Å². The zero-order chi connectivity index (χ0) is 13.8. The largest absolute Gasteiger partial charge is 0.481 e. The van der Waals surface area contributed by atoms with E-state index >= 15 is 0 Å². The first-order chi connectivity index (χ1) is 9.08. The summed E-state index contributed by atoms with van der Waals surface area (Å²) in [5, 5.41) is 13.5. The minimum atomic E-state index is -0.956. The van der Waals surface area contributed by atoms with Crippen LogP contribution in [0.4, 0.5) is 0 Å². The van der Waals surface area contributed by atoms with Gasteiger partial charge >= 0.3 is 5.97 Å². The molecule has 100 valence electrons. The third-order valence-electron chi connectivity index (χ3n) is 2.67. The Morgan fingerprint density at radius 1 is 1.47 bits per heavy atom. The first-order valence-corrected chi connectivity index (χ1v) is 6.56. The SMILES string of the molecule is Cc1occc1C(=O)NC(CC(=O)O)c1cccs1. The number of carbonyl (C=O) groups excluding carboxylic acids is 1. The third-order valence-corrected chi connectivity index (χ3v) is 3.66. The molecule has 19 heavy (non-hydrogen) atoms. The van der Waals surface area contributed by atoms with Gasteiger partial charge in [0.2, 0.25) is 0 Å². The molecule has 0 aliphatic heterocycles. The highest BCUT2D eigenvalue weighted by Crippen LogP contribution is 2.23. The van der Waals surface area contributed by atoms with E-state index in [0.717, 1.165) is 4.88 Å². The molecule has 6 heteroatoms. The average molecular weight is 279 g/mol. The second kappa shape index (κ2) is 5.71. The van der Waals surface area contributed by atoms with Crippen molar-refractivity contribution in [2.45, 2.75) is 19.4 Å². The number of thiophene rings is 1. The second-order valence-corrected chi connectivity index (χ2v) is 5.01. The van der Waals surface area contributed by atoms with Crippen LogP contribution in [0.25, 0.3) is 0 Å². The number of carboxylic acids is 1. The topological polar surface area (TPSA) is 79.5 Å². The van der Waals surface area contributed by atoms with Crippen LogP contribution in [0.15, 0.2) is 34.3 Å². The fraction of sp³-hybridized carbons (Fsp3) is 0.231. The van der Waals surface area contributed by atoms with Crippen LogP contribution in [0.3, 0.4) is 0 Å². The molecule has 2 N–H and O–H groups in total. The van der Waals surface area contributed by atoms with Gasteiger partial charge in [0.1, 0.15) is 5.76 Å². The summed E-state index contributed by atoms with van der Waals surface area (Å²) in [6, 6.07) is 4.67. The Morgan fingerprint density at radius 2 is 2.26 bits per heavy atom. The molecule has 2 aromatic heterocycles. The van der Waals surface area contributed by atoms with E-state index in [9.17, 15) is 9.59 Å². The number of carbonyl (C=O) groups is 2. The molecule has 1 atom stereocenters. The van der Waals surface area contributed by atoms with Crippen LogP contribution in [0.5, 0.6) is 0 Å². The van der Waals surface area contributed by atoms with Crippen LogP contribution in [0, 0.1) is 6.92 Å². The summed E-state index contributed by atoms with van der Waals surface area (Å²) in [4.78, 5) is 23.7. The van der Waals surface area contributed by atoms with E-state index in [-0.39, 0.29) is 12.3 Å². The van der Waals surface area contributed by atoms with Gasteiger partial charge in [0.25, 0.3) is 5.91 Å². The van der Waals surface area contributed by atoms with E-state index in [1.54, 1.807) is 19.1 Å². The number of aliphatic carboxylic acids is 1. The van der Waals surface area contributed by atoms with Gasteiger partial charge in [-0.25, -0.2) is 0 Å². The standard InChI is InChI=1S/C13H13NO4S/c1-8-9(4-5-18-8)13(17)14-10(7-12(15)16)11-3-2-6-19-11/h2-6,10H,7H2,1H3,(H,14,17)(H,15,16). The molecule has 0 bridgehead atoms.